The van der Waals surface area contributed by atoms with Crippen LogP contribution in [0.25, 0.3) is 0 Å². The van der Waals surface area contributed by atoms with Crippen LogP contribution in [0.2, 0.25) is 5.02 Å². The van der Waals surface area contributed by atoms with E-state index in [0.717, 1.165) is 31.2 Å². The standard InChI is InChI=1S/C15H22BrClN2.2ClH/c1-11(2)9-15(19-7-5-18-6-8-19)13-10-12(17)3-4-14(13)16;;/h3-4,10-11,15,18H,5-9H2,1-2H3;2*1H/t15-;;/m1../s1. The van der Waals surface area contributed by atoms with Gasteiger partial charge >= 0.3 is 0 Å². The molecule has 0 bridgehead atoms. The topological polar surface area (TPSA) is 15.3 Å². The van der Waals surface area contributed by atoms with E-state index >= 15 is 0 Å². The van der Waals surface area contributed by atoms with Gasteiger partial charge in [-0.3, -0.25) is 4.90 Å². The van der Waals surface area contributed by atoms with E-state index in [4.69, 9.17) is 11.6 Å². The summed E-state index contributed by atoms with van der Waals surface area (Å²) in [5, 5.41) is 4.24. The summed E-state index contributed by atoms with van der Waals surface area (Å²) in [4.78, 5) is 2.58. The highest BCUT2D eigenvalue weighted by Crippen LogP contribution is 2.34. The van der Waals surface area contributed by atoms with Gasteiger partial charge in [0.15, 0.2) is 0 Å². The van der Waals surface area contributed by atoms with E-state index < -0.39 is 0 Å². The Morgan fingerprint density at radius 1 is 1.24 bits per heavy atom. The van der Waals surface area contributed by atoms with E-state index in [-0.39, 0.29) is 24.8 Å². The zero-order valence-corrected chi connectivity index (χ0v) is 16.4. The lowest BCUT2D eigenvalue weighted by atomic mass is 9.95. The van der Waals surface area contributed by atoms with Crippen LogP contribution in [0.1, 0.15) is 31.9 Å². The minimum Gasteiger partial charge on any atom is -0.314 e. The molecule has 1 fully saturated rings. The van der Waals surface area contributed by atoms with Gasteiger partial charge < -0.3 is 5.32 Å². The third-order valence-electron chi connectivity index (χ3n) is 3.60. The molecular weight excluding hydrogens is 394 g/mol. The van der Waals surface area contributed by atoms with Crippen LogP contribution in [0, 0.1) is 5.92 Å². The number of hydrogen-bond acceptors (Lipinski definition) is 2. The molecule has 1 aliphatic heterocycles. The highest BCUT2D eigenvalue weighted by molar-refractivity contribution is 9.10. The third-order valence-corrected chi connectivity index (χ3v) is 4.56. The van der Waals surface area contributed by atoms with Crippen LogP contribution >= 0.6 is 52.3 Å². The molecular formula is C15H24BrCl3N2. The predicted octanol–water partition coefficient (Wildman–Crippen LogP) is 4.94. The molecule has 0 aromatic heterocycles. The molecule has 1 saturated heterocycles. The zero-order chi connectivity index (χ0) is 13.8. The number of piperazine rings is 1. The summed E-state index contributed by atoms with van der Waals surface area (Å²) in [6, 6.07) is 6.57. The Bertz CT molecular complexity index is 423. The zero-order valence-electron chi connectivity index (χ0n) is 12.4. The van der Waals surface area contributed by atoms with Gasteiger partial charge in [0.25, 0.3) is 0 Å². The first kappa shape index (κ1) is 21.5. The second-order valence-electron chi connectivity index (χ2n) is 5.60. The number of hydrogen-bond donors (Lipinski definition) is 1. The molecule has 2 nitrogen and oxygen atoms in total. The van der Waals surface area contributed by atoms with Gasteiger partial charge in [-0.05, 0) is 36.1 Å². The molecule has 2 rings (SSSR count). The molecule has 122 valence electrons. The van der Waals surface area contributed by atoms with Crippen LogP contribution in [0.15, 0.2) is 22.7 Å². The maximum Gasteiger partial charge on any atom is 0.0410 e. The molecule has 1 aromatic rings. The number of halogens is 4. The van der Waals surface area contributed by atoms with Crippen molar-refractivity contribution in [1.29, 1.82) is 0 Å². The summed E-state index contributed by atoms with van der Waals surface area (Å²) in [7, 11) is 0. The van der Waals surface area contributed by atoms with Gasteiger partial charge in [0, 0.05) is 41.7 Å². The Morgan fingerprint density at radius 3 is 2.43 bits per heavy atom. The Balaban J connectivity index is 0.00000200. The van der Waals surface area contributed by atoms with Crippen molar-refractivity contribution in [2.45, 2.75) is 26.3 Å². The maximum absolute atomic E-state index is 6.18. The van der Waals surface area contributed by atoms with E-state index in [1.165, 1.54) is 16.5 Å². The number of nitrogens with one attached hydrogen (secondary N) is 1. The summed E-state index contributed by atoms with van der Waals surface area (Å²) in [6.45, 7) is 8.94. The minimum atomic E-state index is 0. The lowest BCUT2D eigenvalue weighted by molar-refractivity contribution is 0.153. The van der Waals surface area contributed by atoms with E-state index in [1.807, 2.05) is 6.07 Å². The van der Waals surface area contributed by atoms with Crippen molar-refractivity contribution < 1.29 is 0 Å². The van der Waals surface area contributed by atoms with Crippen molar-refractivity contribution in [3.05, 3.63) is 33.3 Å². The number of nitrogens with zero attached hydrogens (tertiary/aromatic N) is 1. The Kier molecular flexibility index (Phi) is 10.5. The average molecular weight is 419 g/mol. The summed E-state index contributed by atoms with van der Waals surface area (Å²) >= 11 is 9.87. The first-order valence-corrected chi connectivity index (χ1v) is 8.14. The van der Waals surface area contributed by atoms with E-state index in [2.05, 4.69) is 52.1 Å². The monoisotopic (exact) mass is 416 g/mol. The highest BCUT2D eigenvalue weighted by Gasteiger charge is 2.24. The van der Waals surface area contributed by atoms with Gasteiger partial charge in [0.1, 0.15) is 0 Å². The fraction of sp³-hybridized carbons (Fsp3) is 0.600. The maximum atomic E-state index is 6.18. The van der Waals surface area contributed by atoms with Crippen LogP contribution in [0.4, 0.5) is 0 Å². The van der Waals surface area contributed by atoms with Crippen LogP contribution in [-0.4, -0.2) is 31.1 Å². The Morgan fingerprint density at radius 2 is 1.86 bits per heavy atom. The second-order valence-corrected chi connectivity index (χ2v) is 6.89. The lowest BCUT2D eigenvalue weighted by Gasteiger charge is -2.36. The smallest absolute Gasteiger partial charge is 0.0410 e. The molecule has 6 heteroatoms. The summed E-state index contributed by atoms with van der Waals surface area (Å²) in [5.74, 6) is 0.672. The van der Waals surface area contributed by atoms with E-state index in [0.29, 0.717) is 12.0 Å². The van der Waals surface area contributed by atoms with Gasteiger partial charge in [0.05, 0.1) is 0 Å². The summed E-state index contributed by atoms with van der Waals surface area (Å²) < 4.78 is 1.17. The quantitative estimate of drug-likeness (QED) is 0.745. The fourth-order valence-electron chi connectivity index (χ4n) is 2.68. The molecule has 0 unspecified atom stereocenters. The van der Waals surface area contributed by atoms with Crippen molar-refractivity contribution in [1.82, 2.24) is 10.2 Å². The molecule has 0 spiro atoms. The SMILES string of the molecule is CC(C)C[C@H](c1cc(Cl)ccc1Br)N1CCNCC1.Cl.Cl. The summed E-state index contributed by atoms with van der Waals surface area (Å²) in [5.41, 5.74) is 1.32. The molecule has 0 radical (unpaired) electrons. The van der Waals surface area contributed by atoms with Crippen molar-refractivity contribution in [2.24, 2.45) is 5.92 Å². The van der Waals surface area contributed by atoms with Crippen molar-refractivity contribution >= 4 is 52.3 Å². The first-order chi connectivity index (χ1) is 9.08. The molecule has 0 amide bonds. The second kappa shape index (κ2) is 10.3. The number of benzene rings is 1. The molecule has 1 N–H and O–H groups in total. The molecule has 1 aliphatic rings. The lowest BCUT2D eigenvalue weighted by Crippen LogP contribution is -2.45. The summed E-state index contributed by atoms with van der Waals surface area (Å²) in [6.07, 6.45) is 1.17. The molecule has 0 saturated carbocycles. The van der Waals surface area contributed by atoms with Crippen molar-refractivity contribution in [2.75, 3.05) is 26.2 Å². The van der Waals surface area contributed by atoms with E-state index in [9.17, 15) is 0 Å². The van der Waals surface area contributed by atoms with Gasteiger partial charge in [-0.25, -0.2) is 0 Å². The molecule has 1 heterocycles. The van der Waals surface area contributed by atoms with Crippen LogP contribution in [-0.2, 0) is 0 Å². The number of rotatable bonds is 4. The third kappa shape index (κ3) is 6.25. The highest BCUT2D eigenvalue weighted by atomic mass is 79.9. The van der Waals surface area contributed by atoms with Crippen molar-refractivity contribution in [3.63, 3.8) is 0 Å². The van der Waals surface area contributed by atoms with Gasteiger partial charge in [-0.2, -0.15) is 0 Å². The Labute approximate surface area is 153 Å². The fourth-order valence-corrected chi connectivity index (χ4v) is 3.37. The molecule has 21 heavy (non-hydrogen) atoms. The normalized spacial score (nSPS) is 17.0. The molecule has 1 aromatic carbocycles. The minimum absolute atomic E-state index is 0. The van der Waals surface area contributed by atoms with Crippen molar-refractivity contribution in [3.8, 4) is 0 Å². The molecule has 1 atom stereocenters. The van der Waals surface area contributed by atoms with Crippen LogP contribution < -0.4 is 5.32 Å². The van der Waals surface area contributed by atoms with Gasteiger partial charge in [-0.1, -0.05) is 41.4 Å². The largest absolute Gasteiger partial charge is 0.314 e. The molecule has 0 aliphatic carbocycles. The van der Waals surface area contributed by atoms with Crippen LogP contribution in [0.5, 0.6) is 0 Å². The van der Waals surface area contributed by atoms with Gasteiger partial charge in [0.2, 0.25) is 0 Å². The van der Waals surface area contributed by atoms with Crippen LogP contribution in [0.3, 0.4) is 0 Å². The average Bonchev–Trinajstić information content (AvgIpc) is 2.40. The predicted molar refractivity (Wildman–Crippen MR) is 100 cm³/mol. The van der Waals surface area contributed by atoms with Gasteiger partial charge in [-0.15, -0.1) is 24.8 Å². The first-order valence-electron chi connectivity index (χ1n) is 6.97. The van der Waals surface area contributed by atoms with E-state index in [1.54, 1.807) is 0 Å². The Hall–Kier alpha value is 0.490.